The number of hydrogen-bond acceptors (Lipinski definition) is 3. The average molecular weight is 346 g/mol. The molecule has 0 atom stereocenters. The topological polar surface area (TPSA) is 34.9 Å². The van der Waals surface area contributed by atoms with E-state index in [0.29, 0.717) is 3.97 Å². The molecule has 3 nitrogen and oxygen atoms in total. The summed E-state index contributed by atoms with van der Waals surface area (Å²) in [6.07, 6.45) is 0. The number of nitrogens with zero attached hydrogens (tertiary/aromatic N) is 2. The molecule has 0 N–H and O–H groups in total. The number of fused-ring (bicyclic) bond motifs is 1. The predicted molar refractivity (Wildman–Crippen MR) is 62.7 cm³/mol. The van der Waals surface area contributed by atoms with Crippen LogP contribution in [0.2, 0.25) is 5.28 Å². The van der Waals surface area contributed by atoms with Gasteiger partial charge in [-0.3, -0.25) is 4.79 Å². The molecule has 2 aromatic rings. The zero-order valence-electron chi connectivity index (χ0n) is 7.68. The molecule has 0 unspecified atom stereocenters. The quantitative estimate of drug-likeness (QED) is 0.586. The summed E-state index contributed by atoms with van der Waals surface area (Å²) in [6, 6.07) is 0.766. The summed E-state index contributed by atoms with van der Waals surface area (Å²) in [5, 5.41) is -1.23. The summed E-state index contributed by atoms with van der Waals surface area (Å²) >= 11 is 7.70. The van der Waals surface area contributed by atoms with E-state index in [-0.39, 0.29) is 4.47 Å². The van der Waals surface area contributed by atoms with Crippen molar-refractivity contribution in [3.8, 4) is 0 Å². The SMILES string of the molecule is O=c1c2c(F)cc(Br)c(F)c2nc(Cl)n1SF. The Morgan fingerprint density at radius 3 is 2.71 bits per heavy atom. The highest BCUT2D eigenvalue weighted by Gasteiger charge is 2.19. The Bertz CT molecular complexity index is 678. The summed E-state index contributed by atoms with van der Waals surface area (Å²) in [6.45, 7) is 0. The minimum absolute atomic E-state index is 0.198. The largest absolute Gasteiger partial charge is 0.277 e. The third-order valence-corrected chi connectivity index (χ3v) is 3.39. The van der Waals surface area contributed by atoms with Crippen molar-refractivity contribution in [2.45, 2.75) is 0 Å². The van der Waals surface area contributed by atoms with Gasteiger partial charge in [0.05, 0.1) is 4.47 Å². The van der Waals surface area contributed by atoms with Crippen LogP contribution in [-0.4, -0.2) is 8.96 Å². The van der Waals surface area contributed by atoms with Gasteiger partial charge in [0.15, 0.2) is 18.2 Å². The minimum Gasteiger partial charge on any atom is -0.267 e. The molecule has 0 fully saturated rings. The molecular formula is C8HBrClF3N2OS. The molecule has 0 bridgehead atoms. The Kier molecular flexibility index (Phi) is 3.37. The Labute approximate surface area is 110 Å². The molecule has 0 radical (unpaired) electrons. The smallest absolute Gasteiger partial charge is 0.267 e. The lowest BCUT2D eigenvalue weighted by Crippen LogP contribution is -2.18. The van der Waals surface area contributed by atoms with Crippen LogP contribution in [0.15, 0.2) is 15.3 Å². The molecule has 0 aliphatic rings. The van der Waals surface area contributed by atoms with E-state index in [4.69, 9.17) is 11.6 Å². The van der Waals surface area contributed by atoms with Crippen molar-refractivity contribution in [2.24, 2.45) is 0 Å². The lowest BCUT2D eigenvalue weighted by molar-refractivity contribution is 0.607. The minimum atomic E-state index is -1.10. The van der Waals surface area contributed by atoms with E-state index in [1.807, 2.05) is 0 Å². The monoisotopic (exact) mass is 344 g/mol. The van der Waals surface area contributed by atoms with E-state index in [1.165, 1.54) is 0 Å². The van der Waals surface area contributed by atoms with Gasteiger partial charge in [-0.25, -0.2) is 13.8 Å². The van der Waals surface area contributed by atoms with Crippen LogP contribution in [0.3, 0.4) is 0 Å². The van der Waals surface area contributed by atoms with Crippen LogP contribution in [-0.2, 0) is 0 Å². The molecule has 0 saturated heterocycles. The van der Waals surface area contributed by atoms with E-state index in [2.05, 4.69) is 20.9 Å². The van der Waals surface area contributed by atoms with E-state index < -0.39 is 45.7 Å². The van der Waals surface area contributed by atoms with E-state index in [0.717, 1.165) is 6.07 Å². The van der Waals surface area contributed by atoms with Crippen molar-refractivity contribution in [1.29, 1.82) is 0 Å². The van der Waals surface area contributed by atoms with Crippen LogP contribution in [0.25, 0.3) is 10.9 Å². The lowest BCUT2D eigenvalue weighted by Gasteiger charge is -2.05. The number of aromatic nitrogens is 2. The highest BCUT2D eigenvalue weighted by Crippen LogP contribution is 2.26. The fraction of sp³-hybridized carbons (Fsp3) is 0. The van der Waals surface area contributed by atoms with Gasteiger partial charge in [-0.15, -0.1) is 3.89 Å². The normalized spacial score (nSPS) is 11.1. The van der Waals surface area contributed by atoms with Crippen molar-refractivity contribution in [3.63, 3.8) is 0 Å². The first-order valence-corrected chi connectivity index (χ1v) is 5.86. The van der Waals surface area contributed by atoms with E-state index in [9.17, 15) is 17.5 Å². The van der Waals surface area contributed by atoms with Crippen molar-refractivity contribution < 1.29 is 12.7 Å². The maximum absolute atomic E-state index is 13.6. The molecule has 0 saturated carbocycles. The molecule has 1 aromatic heterocycles. The van der Waals surface area contributed by atoms with Crippen LogP contribution in [0.1, 0.15) is 0 Å². The summed E-state index contributed by atoms with van der Waals surface area (Å²) in [5.74, 6) is -1.94. The van der Waals surface area contributed by atoms with Gasteiger partial charge in [-0.05, 0) is 33.6 Å². The van der Waals surface area contributed by atoms with Crippen molar-refractivity contribution in [2.75, 3.05) is 0 Å². The third kappa shape index (κ3) is 1.94. The van der Waals surface area contributed by atoms with Crippen LogP contribution < -0.4 is 5.56 Å². The van der Waals surface area contributed by atoms with Gasteiger partial charge >= 0.3 is 0 Å². The molecule has 17 heavy (non-hydrogen) atoms. The van der Waals surface area contributed by atoms with Crippen LogP contribution in [0.5, 0.6) is 0 Å². The second-order valence-electron chi connectivity index (χ2n) is 2.93. The van der Waals surface area contributed by atoms with Gasteiger partial charge in [-0.1, -0.05) is 0 Å². The first kappa shape index (κ1) is 12.7. The first-order valence-electron chi connectivity index (χ1n) is 4.02. The Hall–Kier alpha value is -0.730. The Morgan fingerprint density at radius 2 is 2.12 bits per heavy atom. The first-order chi connectivity index (χ1) is 7.97. The number of halogens is 5. The molecule has 1 aromatic carbocycles. The molecule has 0 amide bonds. The summed E-state index contributed by atoms with van der Waals surface area (Å²) in [4.78, 5) is 15.1. The van der Waals surface area contributed by atoms with Gasteiger partial charge in [0.1, 0.15) is 16.7 Å². The maximum Gasteiger partial charge on any atom is 0.277 e. The molecule has 90 valence electrons. The fourth-order valence-corrected chi connectivity index (χ4v) is 2.15. The fourth-order valence-electron chi connectivity index (χ4n) is 1.27. The zero-order chi connectivity index (χ0) is 12.7. The van der Waals surface area contributed by atoms with Gasteiger partial charge in [0.2, 0.25) is 5.28 Å². The average Bonchev–Trinajstić information content (AvgIpc) is 2.25. The standard InChI is InChI=1S/C8HBrClF3N2OS/c9-2-1-3(11)4-6(5(2)12)14-8(10)15(17-13)7(4)16/h1H. The Balaban J connectivity index is 3.07. The van der Waals surface area contributed by atoms with Crippen molar-refractivity contribution in [3.05, 3.63) is 37.8 Å². The second-order valence-corrected chi connectivity index (χ2v) is 4.62. The van der Waals surface area contributed by atoms with Crippen molar-refractivity contribution >= 4 is 50.8 Å². The van der Waals surface area contributed by atoms with Crippen LogP contribution >= 0.6 is 39.9 Å². The van der Waals surface area contributed by atoms with Crippen LogP contribution in [0.4, 0.5) is 12.7 Å². The zero-order valence-corrected chi connectivity index (χ0v) is 10.8. The van der Waals surface area contributed by atoms with Gasteiger partial charge in [0.25, 0.3) is 5.56 Å². The highest BCUT2D eigenvalue weighted by atomic mass is 79.9. The van der Waals surface area contributed by atoms with Crippen molar-refractivity contribution in [1.82, 2.24) is 8.96 Å². The molecular weight excluding hydrogens is 345 g/mol. The number of benzene rings is 1. The lowest BCUT2D eigenvalue weighted by atomic mass is 10.2. The molecule has 9 heteroatoms. The molecule has 2 rings (SSSR count). The van der Waals surface area contributed by atoms with E-state index in [1.54, 1.807) is 0 Å². The van der Waals surface area contributed by atoms with Gasteiger partial charge < -0.3 is 0 Å². The third-order valence-electron chi connectivity index (χ3n) is 1.99. The van der Waals surface area contributed by atoms with Gasteiger partial charge in [-0.2, -0.15) is 3.97 Å². The maximum atomic E-state index is 13.6. The molecule has 0 aliphatic heterocycles. The molecule has 1 heterocycles. The number of hydrogen-bond donors (Lipinski definition) is 0. The highest BCUT2D eigenvalue weighted by molar-refractivity contribution is 9.10. The van der Waals surface area contributed by atoms with Gasteiger partial charge in [0, 0.05) is 0 Å². The van der Waals surface area contributed by atoms with E-state index >= 15 is 0 Å². The number of rotatable bonds is 1. The molecule has 0 aliphatic carbocycles. The summed E-state index contributed by atoms with van der Waals surface area (Å²) in [7, 11) is 0. The summed E-state index contributed by atoms with van der Waals surface area (Å²) < 4.78 is 39.6. The van der Waals surface area contributed by atoms with Crippen LogP contribution in [0, 0.1) is 11.6 Å². The summed E-state index contributed by atoms with van der Waals surface area (Å²) in [5.41, 5.74) is -1.64. The molecule has 0 spiro atoms. The predicted octanol–water partition coefficient (Wildman–Crippen LogP) is 3.47. The second kappa shape index (κ2) is 4.51. The Morgan fingerprint density at radius 1 is 1.47 bits per heavy atom.